The van der Waals surface area contributed by atoms with E-state index in [-0.39, 0.29) is 12.0 Å². The normalized spacial score (nSPS) is 19.3. The van der Waals surface area contributed by atoms with Crippen LogP contribution in [0.3, 0.4) is 0 Å². The third-order valence-corrected chi connectivity index (χ3v) is 5.06. The van der Waals surface area contributed by atoms with E-state index in [1.807, 2.05) is 27.7 Å². The smallest absolute Gasteiger partial charge is 0.465 e. The van der Waals surface area contributed by atoms with Gasteiger partial charge in [-0.3, -0.25) is 14.9 Å². The summed E-state index contributed by atoms with van der Waals surface area (Å²) in [5, 5.41) is 17.8. The molecule has 1 heterocycles. The highest BCUT2D eigenvalue weighted by molar-refractivity contribution is 8.14. The molecule has 1 aliphatic heterocycles. The molecule has 0 saturated carbocycles. The lowest BCUT2D eigenvalue weighted by atomic mass is 9.99. The number of ether oxygens (including phenoxy) is 2. The molecule has 1 rings (SSSR count). The van der Waals surface area contributed by atoms with Crippen LogP contribution in [-0.4, -0.2) is 57.4 Å². The van der Waals surface area contributed by atoms with Crippen molar-refractivity contribution in [2.75, 3.05) is 6.61 Å². The number of hydrogen-bond donors (Lipinski definition) is 2. The highest BCUT2D eigenvalue weighted by Gasteiger charge is 2.41. The number of rotatable bonds is 8. The average Bonchev–Trinajstić information content (AvgIpc) is 2.97. The molecular weight excluding hydrogens is 374 g/mol. The number of esters is 1. The van der Waals surface area contributed by atoms with Gasteiger partial charge in [0, 0.05) is 5.41 Å². The van der Waals surface area contributed by atoms with Crippen LogP contribution in [0.15, 0.2) is 5.10 Å². The van der Waals surface area contributed by atoms with E-state index in [4.69, 9.17) is 14.6 Å². The number of carbonyl (C=O) groups is 3. The standard InChI is InChI=1S/C17H29N3O6S/c1-7-9-11(13(22)25-8-2)18-10(3)12(21)20-15(26-16(23)24)27-14(19-20)17(4,5)6/h10-11,15,18H,7-9H2,1-6H3,(H,23,24)/t10-,11-,15-/m0/s1. The Kier molecular flexibility index (Phi) is 8.55. The van der Waals surface area contributed by atoms with Crippen LogP contribution in [0.4, 0.5) is 4.79 Å². The molecule has 0 radical (unpaired) electrons. The van der Waals surface area contributed by atoms with Crippen LogP contribution < -0.4 is 5.32 Å². The van der Waals surface area contributed by atoms with Crippen molar-refractivity contribution >= 4 is 34.8 Å². The first-order valence-electron chi connectivity index (χ1n) is 8.92. The van der Waals surface area contributed by atoms with Gasteiger partial charge in [0.15, 0.2) is 0 Å². The predicted octanol–water partition coefficient (Wildman–Crippen LogP) is 2.61. The minimum Gasteiger partial charge on any atom is -0.465 e. The van der Waals surface area contributed by atoms with E-state index in [0.717, 1.165) is 23.2 Å². The predicted molar refractivity (Wildman–Crippen MR) is 102 cm³/mol. The van der Waals surface area contributed by atoms with Gasteiger partial charge in [-0.1, -0.05) is 34.1 Å². The maximum Gasteiger partial charge on any atom is 0.508 e. The molecule has 0 aromatic rings. The molecule has 0 bridgehead atoms. The van der Waals surface area contributed by atoms with Crippen molar-refractivity contribution in [2.45, 2.75) is 72.0 Å². The Morgan fingerprint density at radius 1 is 1.33 bits per heavy atom. The molecule has 3 atom stereocenters. The van der Waals surface area contributed by atoms with E-state index in [1.54, 1.807) is 13.8 Å². The number of carbonyl (C=O) groups excluding carboxylic acids is 2. The Labute approximate surface area is 163 Å². The van der Waals surface area contributed by atoms with Crippen molar-refractivity contribution in [3.63, 3.8) is 0 Å². The van der Waals surface area contributed by atoms with Crippen LogP contribution in [0.2, 0.25) is 0 Å². The molecule has 0 fully saturated rings. The quantitative estimate of drug-likeness (QED) is 0.594. The number of carboxylic acid groups (broad SMARTS) is 1. The number of thioether (sulfide) groups is 1. The van der Waals surface area contributed by atoms with Gasteiger partial charge in [-0.15, -0.1) is 0 Å². The lowest BCUT2D eigenvalue weighted by molar-refractivity contribution is -0.147. The van der Waals surface area contributed by atoms with Crippen LogP contribution in [0.1, 0.15) is 54.4 Å². The summed E-state index contributed by atoms with van der Waals surface area (Å²) in [6.07, 6.45) is -0.253. The number of amides is 1. The molecule has 10 heteroatoms. The molecule has 0 saturated heterocycles. The van der Waals surface area contributed by atoms with Crippen molar-refractivity contribution in [1.82, 2.24) is 10.3 Å². The number of nitrogens with one attached hydrogen (secondary N) is 1. The molecule has 1 aliphatic rings. The zero-order valence-corrected chi connectivity index (χ0v) is 17.5. The number of nitrogens with zero attached hydrogens (tertiary/aromatic N) is 2. The summed E-state index contributed by atoms with van der Waals surface area (Å²) in [4.78, 5) is 35.9. The Hall–Kier alpha value is -1.81. The lowest BCUT2D eigenvalue weighted by Gasteiger charge is -2.25. The summed E-state index contributed by atoms with van der Waals surface area (Å²) in [6, 6.07) is -1.41. The molecule has 9 nitrogen and oxygen atoms in total. The van der Waals surface area contributed by atoms with Gasteiger partial charge in [0.1, 0.15) is 11.1 Å². The molecule has 0 spiro atoms. The van der Waals surface area contributed by atoms with Gasteiger partial charge >= 0.3 is 12.1 Å². The van der Waals surface area contributed by atoms with E-state index >= 15 is 0 Å². The molecule has 0 aliphatic carbocycles. The van der Waals surface area contributed by atoms with Gasteiger partial charge in [0.2, 0.25) is 0 Å². The van der Waals surface area contributed by atoms with Crippen molar-refractivity contribution in [3.8, 4) is 0 Å². The van der Waals surface area contributed by atoms with Gasteiger partial charge < -0.3 is 14.6 Å². The van der Waals surface area contributed by atoms with Crippen molar-refractivity contribution in [1.29, 1.82) is 0 Å². The number of hydrazone groups is 1. The monoisotopic (exact) mass is 403 g/mol. The SMILES string of the molecule is CCC[C@H](N[C@@H](C)C(=O)N1N=C(C(C)(C)C)S[C@@H]1OC(=O)O)C(=O)OCC. The van der Waals surface area contributed by atoms with Crippen molar-refractivity contribution < 1.29 is 29.0 Å². The molecule has 154 valence electrons. The van der Waals surface area contributed by atoms with Gasteiger partial charge in [-0.25, -0.2) is 4.79 Å². The molecular formula is C17H29N3O6S. The minimum atomic E-state index is -1.49. The summed E-state index contributed by atoms with van der Waals surface area (Å²) < 4.78 is 9.85. The maximum absolute atomic E-state index is 12.8. The summed E-state index contributed by atoms with van der Waals surface area (Å²) in [7, 11) is 0. The van der Waals surface area contributed by atoms with Gasteiger partial charge in [-0.2, -0.15) is 10.1 Å². The van der Waals surface area contributed by atoms with Gasteiger partial charge in [0.25, 0.3) is 11.5 Å². The Balaban J connectivity index is 2.95. The lowest BCUT2D eigenvalue weighted by Crippen LogP contribution is -2.51. The van der Waals surface area contributed by atoms with Crippen LogP contribution in [-0.2, 0) is 19.1 Å². The second-order valence-corrected chi connectivity index (χ2v) is 8.15. The molecule has 0 aromatic carbocycles. The highest BCUT2D eigenvalue weighted by Crippen LogP contribution is 2.36. The van der Waals surface area contributed by atoms with E-state index in [1.165, 1.54) is 0 Å². The average molecular weight is 404 g/mol. The van der Waals surface area contributed by atoms with Gasteiger partial charge in [0.05, 0.1) is 12.6 Å². The molecule has 0 aromatic heterocycles. The molecule has 2 N–H and O–H groups in total. The zero-order valence-electron chi connectivity index (χ0n) is 16.6. The largest absolute Gasteiger partial charge is 0.508 e. The van der Waals surface area contributed by atoms with Crippen molar-refractivity contribution in [2.24, 2.45) is 10.5 Å². The first-order chi connectivity index (χ1) is 12.5. The fourth-order valence-corrected chi connectivity index (χ4v) is 3.39. The second kappa shape index (κ2) is 9.93. The van der Waals surface area contributed by atoms with E-state index < -0.39 is 35.7 Å². The minimum absolute atomic E-state index is 0.250. The second-order valence-electron chi connectivity index (χ2n) is 7.13. The third kappa shape index (κ3) is 6.69. The third-order valence-electron chi connectivity index (χ3n) is 3.65. The van der Waals surface area contributed by atoms with E-state index in [9.17, 15) is 14.4 Å². The first-order valence-corrected chi connectivity index (χ1v) is 9.80. The van der Waals surface area contributed by atoms with Crippen molar-refractivity contribution in [3.05, 3.63) is 0 Å². The fourth-order valence-electron chi connectivity index (χ4n) is 2.33. The zero-order chi connectivity index (χ0) is 20.8. The summed E-state index contributed by atoms with van der Waals surface area (Å²) in [5.41, 5.74) is -1.47. The van der Waals surface area contributed by atoms with Crippen LogP contribution in [0.5, 0.6) is 0 Å². The number of hydrogen-bond acceptors (Lipinski definition) is 8. The summed E-state index contributed by atoms with van der Waals surface area (Å²) in [5.74, 6) is -0.912. The summed E-state index contributed by atoms with van der Waals surface area (Å²) in [6.45, 7) is 11.2. The van der Waals surface area contributed by atoms with Gasteiger partial charge in [-0.05, 0) is 32.0 Å². The Bertz CT molecular complexity index is 590. The molecule has 27 heavy (non-hydrogen) atoms. The fraction of sp³-hybridized carbons (Fsp3) is 0.765. The highest BCUT2D eigenvalue weighted by atomic mass is 32.2. The Morgan fingerprint density at radius 2 is 1.96 bits per heavy atom. The van der Waals surface area contributed by atoms with Crippen LogP contribution in [0.25, 0.3) is 0 Å². The molecule has 0 unspecified atom stereocenters. The molecule has 1 amide bonds. The Morgan fingerprint density at radius 3 is 2.44 bits per heavy atom. The maximum atomic E-state index is 12.8. The first kappa shape index (κ1) is 23.2. The van der Waals surface area contributed by atoms with Crippen LogP contribution in [0, 0.1) is 5.41 Å². The van der Waals surface area contributed by atoms with Crippen LogP contribution >= 0.6 is 11.8 Å². The van der Waals surface area contributed by atoms with E-state index in [2.05, 4.69) is 10.4 Å². The van der Waals surface area contributed by atoms with E-state index in [0.29, 0.717) is 11.5 Å². The topological polar surface area (TPSA) is 118 Å². The summed E-state index contributed by atoms with van der Waals surface area (Å²) >= 11 is 1.08.